The maximum absolute atomic E-state index is 12.0. The number of aromatic carboxylic acids is 1. The van der Waals surface area contributed by atoms with Crippen LogP contribution in [0.3, 0.4) is 0 Å². The van der Waals surface area contributed by atoms with Crippen molar-refractivity contribution < 1.29 is 14.7 Å². The van der Waals surface area contributed by atoms with Gasteiger partial charge in [0.05, 0.1) is 0 Å². The number of hydrogen-bond donors (Lipinski definition) is 2. The number of carboxylic acids is 1. The highest BCUT2D eigenvalue weighted by Gasteiger charge is 2.23. The Kier molecular flexibility index (Phi) is 3.94. The number of anilines is 1. The molecule has 0 spiro atoms. The fourth-order valence-electron chi connectivity index (χ4n) is 2.02. The van der Waals surface area contributed by atoms with Crippen LogP contribution in [0.5, 0.6) is 0 Å². The van der Waals surface area contributed by atoms with Gasteiger partial charge in [0.2, 0.25) is 5.91 Å². The molecule has 102 valence electrons. The van der Waals surface area contributed by atoms with Crippen LogP contribution in [0.4, 0.5) is 5.82 Å². The second-order valence-electron chi connectivity index (χ2n) is 4.51. The zero-order valence-electron chi connectivity index (χ0n) is 10.7. The Morgan fingerprint density at radius 2 is 2.00 bits per heavy atom. The largest absolute Gasteiger partial charge is 0.476 e. The Labute approximate surface area is 110 Å². The summed E-state index contributed by atoms with van der Waals surface area (Å²) >= 11 is 0. The summed E-state index contributed by atoms with van der Waals surface area (Å²) in [4.78, 5) is 24.5. The third-order valence-corrected chi connectivity index (χ3v) is 3.04. The standard InChI is InChI=1S/C12H16N4O3/c1-8(11(17)16-6-2-3-7-16)13-10-5-4-9(12(18)19)14-15-10/h4-5,8H,2-3,6-7H2,1H3,(H,13,15)(H,18,19). The first kappa shape index (κ1) is 13.3. The Hall–Kier alpha value is -2.18. The Balaban J connectivity index is 1.96. The van der Waals surface area contributed by atoms with E-state index >= 15 is 0 Å². The molecular formula is C12H16N4O3. The number of carboxylic acid groups (broad SMARTS) is 1. The molecule has 1 aliphatic rings. The molecule has 7 heteroatoms. The van der Waals surface area contributed by atoms with Gasteiger partial charge in [-0.15, -0.1) is 10.2 Å². The topological polar surface area (TPSA) is 95.4 Å². The minimum atomic E-state index is -1.12. The lowest BCUT2D eigenvalue weighted by atomic mass is 10.3. The number of likely N-dealkylation sites (tertiary alicyclic amines) is 1. The van der Waals surface area contributed by atoms with Crippen molar-refractivity contribution in [2.75, 3.05) is 18.4 Å². The van der Waals surface area contributed by atoms with Gasteiger partial charge in [0, 0.05) is 13.1 Å². The fourth-order valence-corrected chi connectivity index (χ4v) is 2.02. The summed E-state index contributed by atoms with van der Waals surface area (Å²) in [7, 11) is 0. The average Bonchev–Trinajstić information content (AvgIpc) is 2.92. The predicted molar refractivity (Wildman–Crippen MR) is 67.9 cm³/mol. The Morgan fingerprint density at radius 1 is 1.32 bits per heavy atom. The van der Waals surface area contributed by atoms with Crippen LogP contribution >= 0.6 is 0 Å². The van der Waals surface area contributed by atoms with Gasteiger partial charge in [0.15, 0.2) is 5.69 Å². The molecule has 1 saturated heterocycles. The van der Waals surface area contributed by atoms with E-state index in [-0.39, 0.29) is 11.6 Å². The first-order chi connectivity index (χ1) is 9.08. The number of carbonyl (C=O) groups excluding carboxylic acids is 1. The summed E-state index contributed by atoms with van der Waals surface area (Å²) in [5.41, 5.74) is -0.121. The zero-order valence-corrected chi connectivity index (χ0v) is 10.7. The van der Waals surface area contributed by atoms with Gasteiger partial charge in [-0.1, -0.05) is 0 Å². The summed E-state index contributed by atoms with van der Waals surface area (Å²) in [6, 6.07) is 2.46. The quantitative estimate of drug-likeness (QED) is 0.826. The number of nitrogens with one attached hydrogen (secondary N) is 1. The SMILES string of the molecule is CC(Nc1ccc(C(=O)O)nn1)C(=O)N1CCCC1. The average molecular weight is 264 g/mol. The molecule has 1 aliphatic heterocycles. The Morgan fingerprint density at radius 3 is 2.53 bits per heavy atom. The first-order valence-electron chi connectivity index (χ1n) is 6.20. The second kappa shape index (κ2) is 5.64. The van der Waals surface area contributed by atoms with Gasteiger partial charge in [-0.3, -0.25) is 4.79 Å². The normalized spacial score (nSPS) is 16.2. The van der Waals surface area contributed by atoms with Crippen LogP contribution in [-0.2, 0) is 4.79 Å². The van der Waals surface area contributed by atoms with E-state index in [1.165, 1.54) is 12.1 Å². The van der Waals surface area contributed by atoms with Gasteiger partial charge >= 0.3 is 5.97 Å². The lowest BCUT2D eigenvalue weighted by molar-refractivity contribution is -0.130. The summed E-state index contributed by atoms with van der Waals surface area (Å²) in [6.07, 6.45) is 2.09. The highest BCUT2D eigenvalue weighted by atomic mass is 16.4. The van der Waals surface area contributed by atoms with Gasteiger partial charge in [-0.05, 0) is 31.9 Å². The molecular weight excluding hydrogens is 248 g/mol. The van der Waals surface area contributed by atoms with Crippen molar-refractivity contribution in [3.63, 3.8) is 0 Å². The van der Waals surface area contributed by atoms with E-state index in [1.54, 1.807) is 6.92 Å². The van der Waals surface area contributed by atoms with Gasteiger partial charge in [0.1, 0.15) is 11.9 Å². The van der Waals surface area contributed by atoms with Crippen molar-refractivity contribution in [3.05, 3.63) is 17.8 Å². The van der Waals surface area contributed by atoms with Crippen molar-refractivity contribution in [1.82, 2.24) is 15.1 Å². The molecule has 2 heterocycles. The van der Waals surface area contributed by atoms with E-state index in [4.69, 9.17) is 5.11 Å². The highest BCUT2D eigenvalue weighted by molar-refractivity contribution is 5.86. The molecule has 1 amide bonds. The van der Waals surface area contributed by atoms with E-state index < -0.39 is 12.0 Å². The van der Waals surface area contributed by atoms with Crippen molar-refractivity contribution in [3.8, 4) is 0 Å². The summed E-state index contributed by atoms with van der Waals surface area (Å²) < 4.78 is 0. The van der Waals surface area contributed by atoms with Gasteiger partial charge in [0.25, 0.3) is 0 Å². The van der Waals surface area contributed by atoms with Crippen molar-refractivity contribution in [2.24, 2.45) is 0 Å². The number of hydrogen-bond acceptors (Lipinski definition) is 5. The molecule has 1 atom stereocenters. The molecule has 2 rings (SSSR count). The summed E-state index contributed by atoms with van der Waals surface area (Å²) in [6.45, 7) is 3.36. The first-order valence-corrected chi connectivity index (χ1v) is 6.20. The van der Waals surface area contributed by atoms with Crippen LogP contribution in [0.2, 0.25) is 0 Å². The third-order valence-electron chi connectivity index (χ3n) is 3.04. The molecule has 0 bridgehead atoms. The Bertz CT molecular complexity index is 468. The molecule has 1 aromatic rings. The molecule has 1 fully saturated rings. The molecule has 0 aliphatic carbocycles. The second-order valence-corrected chi connectivity index (χ2v) is 4.51. The predicted octanol–water partition coefficient (Wildman–Crippen LogP) is 0.598. The van der Waals surface area contributed by atoms with Crippen LogP contribution in [0.1, 0.15) is 30.3 Å². The molecule has 1 aromatic heterocycles. The summed E-state index contributed by atoms with van der Waals surface area (Å²) in [5.74, 6) is -0.702. The van der Waals surface area contributed by atoms with Crippen molar-refractivity contribution in [2.45, 2.75) is 25.8 Å². The number of nitrogens with zero attached hydrogens (tertiary/aromatic N) is 3. The van der Waals surface area contributed by atoms with Crippen LogP contribution < -0.4 is 5.32 Å². The maximum atomic E-state index is 12.0. The minimum absolute atomic E-state index is 0.0293. The van der Waals surface area contributed by atoms with Crippen LogP contribution in [0, 0.1) is 0 Å². The third kappa shape index (κ3) is 3.18. The molecule has 1 unspecified atom stereocenters. The van der Waals surface area contributed by atoms with E-state index in [0.29, 0.717) is 5.82 Å². The number of aromatic nitrogens is 2. The lowest BCUT2D eigenvalue weighted by Gasteiger charge is -2.21. The molecule has 0 saturated carbocycles. The van der Waals surface area contributed by atoms with Gasteiger partial charge in [-0.25, -0.2) is 4.79 Å². The molecule has 7 nitrogen and oxygen atoms in total. The van der Waals surface area contributed by atoms with Gasteiger partial charge < -0.3 is 15.3 Å². The number of carbonyl (C=O) groups is 2. The monoisotopic (exact) mass is 264 g/mol. The van der Waals surface area contributed by atoms with E-state index in [0.717, 1.165) is 25.9 Å². The minimum Gasteiger partial charge on any atom is -0.476 e. The summed E-state index contributed by atoms with van der Waals surface area (Å²) in [5, 5.41) is 18.9. The van der Waals surface area contributed by atoms with E-state index in [1.807, 2.05) is 4.90 Å². The fraction of sp³-hybridized carbons (Fsp3) is 0.500. The molecule has 2 N–H and O–H groups in total. The zero-order chi connectivity index (χ0) is 13.8. The molecule has 19 heavy (non-hydrogen) atoms. The molecule has 0 radical (unpaired) electrons. The van der Waals surface area contributed by atoms with Crippen molar-refractivity contribution in [1.29, 1.82) is 0 Å². The van der Waals surface area contributed by atoms with Crippen LogP contribution in [0.15, 0.2) is 12.1 Å². The number of rotatable bonds is 4. The molecule has 0 aromatic carbocycles. The maximum Gasteiger partial charge on any atom is 0.356 e. The van der Waals surface area contributed by atoms with E-state index in [9.17, 15) is 9.59 Å². The lowest BCUT2D eigenvalue weighted by Crippen LogP contribution is -2.39. The van der Waals surface area contributed by atoms with E-state index in [2.05, 4.69) is 15.5 Å². The van der Waals surface area contributed by atoms with Crippen LogP contribution in [-0.4, -0.2) is 51.2 Å². The van der Waals surface area contributed by atoms with Gasteiger partial charge in [-0.2, -0.15) is 0 Å². The van der Waals surface area contributed by atoms with Crippen molar-refractivity contribution >= 4 is 17.7 Å². The number of amides is 1. The highest BCUT2D eigenvalue weighted by Crippen LogP contribution is 2.11. The smallest absolute Gasteiger partial charge is 0.356 e. The van der Waals surface area contributed by atoms with Crippen LogP contribution in [0.25, 0.3) is 0 Å².